The van der Waals surface area contributed by atoms with Gasteiger partial charge in [-0.25, -0.2) is 0 Å². The predicted octanol–water partition coefficient (Wildman–Crippen LogP) is -6.28. The monoisotopic (exact) mass is 518 g/mol. The van der Waals surface area contributed by atoms with Crippen molar-refractivity contribution in [3.8, 4) is 23.0 Å². The van der Waals surface area contributed by atoms with Crippen molar-refractivity contribution in [3.63, 3.8) is 0 Å². The Balaban J connectivity index is 0.00000289. The van der Waals surface area contributed by atoms with Crippen LogP contribution in [0.3, 0.4) is 0 Å². The Morgan fingerprint density at radius 2 is 1.44 bits per heavy atom. The minimum Gasteiger partial charge on any atom is -1.00 e. The van der Waals surface area contributed by atoms with Gasteiger partial charge in [-0.1, -0.05) is 12.1 Å². The van der Waals surface area contributed by atoms with Crippen molar-refractivity contribution in [2.75, 3.05) is 67.8 Å². The number of nitrogens with one attached hydrogen (secondary N) is 2. The lowest BCUT2D eigenvalue weighted by molar-refractivity contribution is -0.988. The molecular formula is C24H36Cl2N2O6. The Morgan fingerprint density at radius 1 is 0.794 bits per heavy atom. The Bertz CT molecular complexity index is 865. The van der Waals surface area contributed by atoms with E-state index in [0.717, 1.165) is 37.5 Å². The summed E-state index contributed by atoms with van der Waals surface area (Å²) in [7, 11) is 6.47. The number of aliphatic hydroxyl groups is 1. The highest BCUT2D eigenvalue weighted by molar-refractivity contribution is 5.55. The highest BCUT2D eigenvalue weighted by Crippen LogP contribution is 2.39. The van der Waals surface area contributed by atoms with E-state index in [0.29, 0.717) is 30.4 Å². The molecule has 8 nitrogen and oxygen atoms in total. The van der Waals surface area contributed by atoms with Gasteiger partial charge in [0.2, 0.25) is 5.75 Å². The Hall–Kier alpha value is -1.94. The number of piperazine rings is 1. The molecule has 0 saturated carbocycles. The van der Waals surface area contributed by atoms with Gasteiger partial charge in [-0.2, -0.15) is 0 Å². The van der Waals surface area contributed by atoms with Gasteiger partial charge in [-0.15, -0.1) is 0 Å². The van der Waals surface area contributed by atoms with Crippen LogP contribution in [-0.4, -0.2) is 79.0 Å². The number of rotatable bonds is 11. The SMILES string of the molecule is COc1ccccc1[NH+]1CC[NH+](CC(O)COCc2ccc(OC)c(OC)c2OC)CC1.[Cl-].[Cl-]. The van der Waals surface area contributed by atoms with E-state index in [1.807, 2.05) is 24.3 Å². The largest absolute Gasteiger partial charge is 1.00 e. The molecule has 0 spiro atoms. The van der Waals surface area contributed by atoms with Crippen molar-refractivity contribution in [1.29, 1.82) is 0 Å². The molecule has 1 unspecified atom stereocenters. The third-order valence-electron chi connectivity index (χ3n) is 5.93. The molecule has 34 heavy (non-hydrogen) atoms. The first-order valence-corrected chi connectivity index (χ1v) is 11.0. The van der Waals surface area contributed by atoms with Gasteiger partial charge in [0.15, 0.2) is 22.9 Å². The maximum Gasteiger partial charge on any atom is 0.203 e. The predicted molar refractivity (Wildman–Crippen MR) is 121 cm³/mol. The van der Waals surface area contributed by atoms with Crippen molar-refractivity contribution in [2.45, 2.75) is 12.7 Å². The summed E-state index contributed by atoms with van der Waals surface area (Å²) in [5, 5.41) is 10.5. The van der Waals surface area contributed by atoms with Gasteiger partial charge in [0.25, 0.3) is 0 Å². The smallest absolute Gasteiger partial charge is 0.203 e. The lowest BCUT2D eigenvalue weighted by atomic mass is 10.2. The maximum atomic E-state index is 10.5. The fraction of sp³-hybridized carbons (Fsp3) is 0.500. The number of halogens is 2. The fourth-order valence-electron chi connectivity index (χ4n) is 4.29. The second kappa shape index (κ2) is 15.1. The summed E-state index contributed by atoms with van der Waals surface area (Å²) in [4.78, 5) is 2.82. The van der Waals surface area contributed by atoms with Gasteiger partial charge in [0.05, 0.1) is 41.7 Å². The number of methoxy groups -OCH3 is 4. The van der Waals surface area contributed by atoms with E-state index in [1.54, 1.807) is 28.4 Å². The summed E-state index contributed by atoms with van der Waals surface area (Å²) < 4.78 is 27.5. The number of hydrogen-bond acceptors (Lipinski definition) is 6. The van der Waals surface area contributed by atoms with Gasteiger partial charge < -0.3 is 58.5 Å². The van der Waals surface area contributed by atoms with Gasteiger partial charge in [-0.3, -0.25) is 4.90 Å². The van der Waals surface area contributed by atoms with E-state index in [4.69, 9.17) is 23.7 Å². The molecule has 0 bridgehead atoms. The second-order valence-corrected chi connectivity index (χ2v) is 7.92. The zero-order valence-electron chi connectivity index (χ0n) is 20.2. The first-order chi connectivity index (χ1) is 15.6. The summed E-state index contributed by atoms with van der Waals surface area (Å²) in [6.07, 6.45) is -0.524. The summed E-state index contributed by atoms with van der Waals surface area (Å²) >= 11 is 0. The fourth-order valence-corrected chi connectivity index (χ4v) is 4.29. The molecule has 1 saturated heterocycles. The average Bonchev–Trinajstić information content (AvgIpc) is 2.83. The van der Waals surface area contributed by atoms with Crippen molar-refractivity contribution >= 4 is 5.69 Å². The van der Waals surface area contributed by atoms with Crippen LogP contribution in [0.2, 0.25) is 0 Å². The minimum absolute atomic E-state index is 0. The van der Waals surface area contributed by atoms with Crippen LogP contribution >= 0.6 is 0 Å². The molecule has 0 amide bonds. The molecule has 0 radical (unpaired) electrons. The summed E-state index contributed by atoms with van der Waals surface area (Å²) in [6, 6.07) is 11.9. The zero-order chi connectivity index (χ0) is 22.9. The molecule has 1 aliphatic heterocycles. The van der Waals surface area contributed by atoms with E-state index >= 15 is 0 Å². The van der Waals surface area contributed by atoms with E-state index in [2.05, 4.69) is 12.1 Å². The number of quaternary nitrogens is 2. The molecule has 3 rings (SSSR count). The number of hydrogen-bond donors (Lipinski definition) is 3. The first kappa shape index (κ1) is 30.1. The normalized spacial score (nSPS) is 18.1. The van der Waals surface area contributed by atoms with Crippen LogP contribution < -0.4 is 53.6 Å². The van der Waals surface area contributed by atoms with Gasteiger partial charge in [-0.05, 0) is 18.2 Å². The maximum absolute atomic E-state index is 10.5. The number of ether oxygens (including phenoxy) is 5. The van der Waals surface area contributed by atoms with Crippen LogP contribution in [0.1, 0.15) is 5.56 Å². The van der Waals surface area contributed by atoms with Gasteiger partial charge in [0, 0.05) is 11.6 Å². The summed E-state index contributed by atoms with van der Waals surface area (Å²) in [5.74, 6) is 2.66. The molecule has 1 heterocycles. The van der Waals surface area contributed by atoms with Crippen LogP contribution in [0.15, 0.2) is 36.4 Å². The van der Waals surface area contributed by atoms with Crippen LogP contribution in [0, 0.1) is 0 Å². The van der Waals surface area contributed by atoms with E-state index in [1.165, 1.54) is 15.5 Å². The van der Waals surface area contributed by atoms with Crippen molar-refractivity contribution in [1.82, 2.24) is 0 Å². The van der Waals surface area contributed by atoms with Crippen LogP contribution in [0.25, 0.3) is 0 Å². The Labute approximate surface area is 214 Å². The van der Waals surface area contributed by atoms with Crippen molar-refractivity contribution in [2.24, 2.45) is 0 Å². The lowest BCUT2D eigenvalue weighted by Gasteiger charge is -2.31. The highest BCUT2D eigenvalue weighted by Gasteiger charge is 2.28. The number of para-hydroxylation sites is 2. The van der Waals surface area contributed by atoms with Crippen molar-refractivity contribution in [3.05, 3.63) is 42.0 Å². The van der Waals surface area contributed by atoms with E-state index in [9.17, 15) is 5.11 Å². The molecule has 10 heteroatoms. The molecule has 0 aliphatic carbocycles. The molecule has 192 valence electrons. The standard InChI is InChI=1S/C24H34N2O6.2ClH/c1-28-21-8-6-5-7-20(21)26-13-11-25(12-14-26)15-19(27)17-32-16-18-9-10-22(29-2)24(31-4)23(18)30-3;;/h5-10,19,27H,11-17H2,1-4H3;2*1H. The highest BCUT2D eigenvalue weighted by atomic mass is 35.5. The van der Waals surface area contributed by atoms with E-state index in [-0.39, 0.29) is 31.4 Å². The van der Waals surface area contributed by atoms with E-state index < -0.39 is 6.10 Å². The van der Waals surface area contributed by atoms with Crippen molar-refractivity contribution < 1.29 is 63.4 Å². The molecule has 1 fully saturated rings. The molecule has 1 aliphatic rings. The zero-order valence-corrected chi connectivity index (χ0v) is 21.7. The lowest BCUT2D eigenvalue weighted by Crippen LogP contribution is -3.26. The van der Waals surface area contributed by atoms with Crippen LogP contribution in [0.5, 0.6) is 23.0 Å². The third-order valence-corrected chi connectivity index (χ3v) is 5.93. The molecule has 1 atom stereocenters. The molecule has 3 N–H and O–H groups in total. The number of aliphatic hydroxyl groups excluding tert-OH is 1. The molecule has 2 aromatic carbocycles. The first-order valence-electron chi connectivity index (χ1n) is 11.0. The molecule has 0 aromatic heterocycles. The topological polar surface area (TPSA) is 75.3 Å². The van der Waals surface area contributed by atoms with Gasteiger partial charge >= 0.3 is 0 Å². The summed E-state index contributed by atoms with van der Waals surface area (Å²) in [6.45, 7) is 5.26. The number of benzene rings is 2. The van der Waals surface area contributed by atoms with Gasteiger partial charge in [0.1, 0.15) is 38.8 Å². The Kier molecular flexibility index (Phi) is 13.4. The third kappa shape index (κ3) is 7.53. The second-order valence-electron chi connectivity index (χ2n) is 7.92. The summed E-state index contributed by atoms with van der Waals surface area (Å²) in [5.41, 5.74) is 2.06. The average molecular weight is 519 g/mol. The molecule has 2 aromatic rings. The van der Waals surface area contributed by atoms with Crippen LogP contribution in [-0.2, 0) is 11.3 Å². The Morgan fingerprint density at radius 3 is 2.06 bits per heavy atom. The quantitative estimate of drug-likeness (QED) is 0.275. The molecular weight excluding hydrogens is 483 g/mol. The minimum atomic E-state index is -0.524. The van der Waals surface area contributed by atoms with Crippen LogP contribution in [0.4, 0.5) is 5.69 Å².